The van der Waals surface area contributed by atoms with Crippen LogP contribution in [0.5, 0.6) is 0 Å². The van der Waals surface area contributed by atoms with Gasteiger partial charge in [0.25, 0.3) is 0 Å². The molecular formula is C45H45N3. The summed E-state index contributed by atoms with van der Waals surface area (Å²) < 4.78 is 0. The molecule has 0 aromatic carbocycles. The van der Waals surface area contributed by atoms with Gasteiger partial charge in [0.2, 0.25) is 5.96 Å². The fourth-order valence-corrected chi connectivity index (χ4v) is 11.6. The first-order valence-electron chi connectivity index (χ1n) is 19.0. The van der Waals surface area contributed by atoms with Crippen LogP contribution < -0.4 is 0 Å². The lowest BCUT2D eigenvalue weighted by atomic mass is 9.69. The lowest BCUT2D eigenvalue weighted by Crippen LogP contribution is -2.43. The van der Waals surface area contributed by atoms with Crippen LogP contribution in [-0.4, -0.2) is 28.7 Å². The zero-order chi connectivity index (χ0) is 31.7. The van der Waals surface area contributed by atoms with Gasteiger partial charge in [-0.2, -0.15) is 0 Å². The van der Waals surface area contributed by atoms with Crippen molar-refractivity contribution in [2.45, 2.75) is 90.1 Å². The number of rotatable bonds is 1. The molecule has 0 saturated heterocycles. The Labute approximate surface area is 285 Å². The molecule has 1 saturated carbocycles. The number of allylic oxidation sites excluding steroid dienone is 20. The molecule has 240 valence electrons. The van der Waals surface area contributed by atoms with Crippen molar-refractivity contribution in [3.63, 3.8) is 0 Å². The Hall–Kier alpha value is -3.98. The van der Waals surface area contributed by atoms with E-state index in [0.717, 1.165) is 44.5 Å². The molecule has 2 heterocycles. The van der Waals surface area contributed by atoms with E-state index in [-0.39, 0.29) is 11.5 Å². The summed E-state index contributed by atoms with van der Waals surface area (Å²) in [7, 11) is 0. The highest BCUT2D eigenvalue weighted by Crippen LogP contribution is 2.63. The summed E-state index contributed by atoms with van der Waals surface area (Å²) in [6.45, 7) is 5.03. The fraction of sp³-hybridized carbons (Fsp3) is 0.422. The first-order valence-corrected chi connectivity index (χ1v) is 19.0. The van der Waals surface area contributed by atoms with E-state index in [0.29, 0.717) is 29.7 Å². The van der Waals surface area contributed by atoms with Gasteiger partial charge in [-0.1, -0.05) is 99.1 Å². The molecule has 11 aliphatic rings. The van der Waals surface area contributed by atoms with Gasteiger partial charge in [-0.15, -0.1) is 0 Å². The van der Waals surface area contributed by atoms with Crippen molar-refractivity contribution in [1.82, 2.24) is 4.90 Å². The van der Waals surface area contributed by atoms with Crippen molar-refractivity contribution in [3.05, 3.63) is 140 Å². The standard InChI is InChI=1S/C45H45N3/c1-45(2)36-21-10-8-17-29(36)33-23-35-39(25-37(33)45)48(44-46-38-22-11-9-18-31(38)43(47-44)26-13-4-3-5-14-26)40-24-34-28-16-7-6-15-27(28)30-19-12-20-32(41(30)34)42(35)40/h4,6,8,10,12-15,17,19-20,23-24,31-32,36,38-39,41H,3,5,7,9,11,16,18,21-22,25H2,1-2H3. The van der Waals surface area contributed by atoms with Gasteiger partial charge in [0.15, 0.2) is 0 Å². The zero-order valence-electron chi connectivity index (χ0n) is 28.4. The average molecular weight is 628 g/mol. The van der Waals surface area contributed by atoms with E-state index < -0.39 is 0 Å². The molecule has 3 nitrogen and oxygen atoms in total. The topological polar surface area (TPSA) is 28.0 Å². The van der Waals surface area contributed by atoms with Gasteiger partial charge in [-0.25, -0.2) is 9.98 Å². The number of fused-ring (bicyclic) bond motifs is 8. The van der Waals surface area contributed by atoms with Crippen LogP contribution in [0.15, 0.2) is 150 Å². The van der Waals surface area contributed by atoms with Gasteiger partial charge in [0.1, 0.15) is 0 Å². The molecule has 6 atom stereocenters. The van der Waals surface area contributed by atoms with Crippen molar-refractivity contribution in [1.29, 1.82) is 0 Å². The molecule has 0 aromatic heterocycles. The molecule has 6 unspecified atom stereocenters. The Morgan fingerprint density at radius 3 is 2.67 bits per heavy atom. The second kappa shape index (κ2) is 10.0. The molecule has 0 N–H and O–H groups in total. The molecule has 1 fully saturated rings. The second-order valence-corrected chi connectivity index (χ2v) is 16.4. The number of hydrogen-bond donors (Lipinski definition) is 0. The SMILES string of the molecule is CC1(C)C2=C(C=C3C4=C(C=C5C6=C(C=CCC6)C6=CC=CC4C65)N(C4=NC5CCCCC5C(C5=CCCC=C5)=N4)C3C2)C2=CC=CCC21. The molecule has 0 aromatic rings. The molecule has 0 bridgehead atoms. The summed E-state index contributed by atoms with van der Waals surface area (Å²) in [6.07, 6.45) is 43.3. The van der Waals surface area contributed by atoms with Crippen LogP contribution >= 0.6 is 0 Å². The van der Waals surface area contributed by atoms with E-state index in [1.165, 1.54) is 65.0 Å². The molecule has 0 radical (unpaired) electrons. The normalized spacial score (nSPS) is 36.1. The highest BCUT2D eigenvalue weighted by Gasteiger charge is 2.54. The van der Waals surface area contributed by atoms with Gasteiger partial charge >= 0.3 is 0 Å². The molecule has 48 heavy (non-hydrogen) atoms. The predicted molar refractivity (Wildman–Crippen MR) is 196 cm³/mol. The van der Waals surface area contributed by atoms with Crippen LogP contribution in [-0.2, 0) is 0 Å². The molecule has 9 aliphatic carbocycles. The maximum absolute atomic E-state index is 5.69. The van der Waals surface area contributed by atoms with Gasteiger partial charge in [0, 0.05) is 23.5 Å². The summed E-state index contributed by atoms with van der Waals surface area (Å²) >= 11 is 0. The highest BCUT2D eigenvalue weighted by molar-refractivity contribution is 6.12. The minimum atomic E-state index is 0.140. The molecule has 11 rings (SSSR count). The van der Waals surface area contributed by atoms with Crippen LogP contribution in [0.25, 0.3) is 0 Å². The third kappa shape index (κ3) is 3.66. The Kier molecular flexibility index (Phi) is 5.83. The van der Waals surface area contributed by atoms with E-state index in [4.69, 9.17) is 9.98 Å². The Morgan fingerprint density at radius 1 is 0.854 bits per heavy atom. The summed E-state index contributed by atoms with van der Waals surface area (Å²) in [4.78, 5) is 14.0. The first-order chi connectivity index (χ1) is 23.6. The van der Waals surface area contributed by atoms with E-state index >= 15 is 0 Å². The Bertz CT molecular complexity index is 2030. The van der Waals surface area contributed by atoms with Gasteiger partial charge in [0.05, 0.1) is 17.8 Å². The highest BCUT2D eigenvalue weighted by atomic mass is 15.3. The molecule has 0 amide bonds. The monoisotopic (exact) mass is 627 g/mol. The number of hydrogen-bond acceptors (Lipinski definition) is 3. The van der Waals surface area contributed by atoms with Crippen LogP contribution in [0.3, 0.4) is 0 Å². The molecular weight excluding hydrogens is 583 g/mol. The van der Waals surface area contributed by atoms with Crippen molar-refractivity contribution in [2.24, 2.45) is 39.1 Å². The zero-order valence-corrected chi connectivity index (χ0v) is 28.4. The maximum atomic E-state index is 5.69. The number of guanidine groups is 1. The largest absolute Gasteiger partial charge is 0.303 e. The van der Waals surface area contributed by atoms with Crippen molar-refractivity contribution < 1.29 is 0 Å². The Morgan fingerprint density at radius 2 is 1.75 bits per heavy atom. The minimum absolute atomic E-state index is 0.140. The number of aliphatic imine (C=N–C) groups is 2. The smallest absolute Gasteiger partial charge is 0.226 e. The molecule has 3 heteroatoms. The number of nitrogens with zero attached hydrogens (tertiary/aromatic N) is 3. The maximum Gasteiger partial charge on any atom is 0.226 e. The van der Waals surface area contributed by atoms with E-state index in [9.17, 15) is 0 Å². The van der Waals surface area contributed by atoms with E-state index in [2.05, 4.69) is 97.7 Å². The average Bonchev–Trinajstić information content (AvgIpc) is 3.71. The summed E-state index contributed by atoms with van der Waals surface area (Å²) in [5.74, 6) is 2.77. The van der Waals surface area contributed by atoms with Crippen molar-refractivity contribution in [2.75, 3.05) is 0 Å². The summed E-state index contributed by atoms with van der Waals surface area (Å²) in [5.41, 5.74) is 18.2. The summed E-state index contributed by atoms with van der Waals surface area (Å²) in [5, 5.41) is 0. The van der Waals surface area contributed by atoms with E-state index in [1.807, 2.05) is 0 Å². The van der Waals surface area contributed by atoms with Crippen LogP contribution in [0.2, 0.25) is 0 Å². The lowest BCUT2D eigenvalue weighted by Gasteiger charge is -2.39. The third-order valence-electron chi connectivity index (χ3n) is 13.8. The molecule has 2 aliphatic heterocycles. The van der Waals surface area contributed by atoms with Crippen molar-refractivity contribution in [3.8, 4) is 0 Å². The van der Waals surface area contributed by atoms with Crippen LogP contribution in [0.4, 0.5) is 0 Å². The summed E-state index contributed by atoms with van der Waals surface area (Å²) in [6, 6.07) is 0.562. The molecule has 0 spiro atoms. The first kappa shape index (κ1) is 27.9. The second-order valence-electron chi connectivity index (χ2n) is 16.4. The van der Waals surface area contributed by atoms with Gasteiger partial charge in [-0.3, -0.25) is 0 Å². The van der Waals surface area contributed by atoms with Crippen LogP contribution in [0.1, 0.15) is 78.1 Å². The fourth-order valence-electron chi connectivity index (χ4n) is 11.6. The van der Waals surface area contributed by atoms with E-state index in [1.54, 1.807) is 27.9 Å². The minimum Gasteiger partial charge on any atom is -0.303 e. The van der Waals surface area contributed by atoms with Crippen LogP contribution in [0, 0.1) is 29.1 Å². The van der Waals surface area contributed by atoms with Crippen molar-refractivity contribution >= 4 is 11.7 Å². The lowest BCUT2D eigenvalue weighted by molar-refractivity contribution is 0.306. The Balaban J connectivity index is 1.13. The third-order valence-corrected chi connectivity index (χ3v) is 13.8. The van der Waals surface area contributed by atoms with Gasteiger partial charge < -0.3 is 4.90 Å². The quantitative estimate of drug-likeness (QED) is 0.284. The predicted octanol–water partition coefficient (Wildman–Crippen LogP) is 10.1. The van der Waals surface area contributed by atoms with Gasteiger partial charge in [-0.05, 0) is 125 Å².